The Kier molecular flexibility index (Phi) is 7.50. The van der Waals surface area contributed by atoms with Gasteiger partial charge in [-0.1, -0.05) is 18.2 Å². The molecule has 26 heavy (non-hydrogen) atoms. The van der Waals surface area contributed by atoms with Crippen molar-refractivity contribution in [3.8, 4) is 0 Å². The van der Waals surface area contributed by atoms with Gasteiger partial charge in [-0.05, 0) is 37.5 Å². The number of H-pyrrole nitrogens is 1. The molecule has 0 radical (unpaired) electrons. The lowest BCUT2D eigenvalue weighted by Crippen LogP contribution is -2.38. The van der Waals surface area contributed by atoms with Crippen LogP contribution >= 0.6 is 24.0 Å². The van der Waals surface area contributed by atoms with E-state index in [0.717, 1.165) is 31.2 Å². The molecule has 2 heterocycles. The van der Waals surface area contributed by atoms with Gasteiger partial charge in [0.2, 0.25) is 0 Å². The molecule has 0 aliphatic heterocycles. The predicted molar refractivity (Wildman–Crippen MR) is 118 cm³/mol. The molecule has 0 atom stereocenters. The Morgan fingerprint density at radius 2 is 2.12 bits per heavy atom. The van der Waals surface area contributed by atoms with Gasteiger partial charge < -0.3 is 15.6 Å². The van der Waals surface area contributed by atoms with E-state index in [2.05, 4.69) is 64.0 Å². The number of rotatable bonds is 6. The highest BCUT2D eigenvalue weighted by Gasteiger charge is 2.06. The molecule has 0 aliphatic carbocycles. The zero-order valence-electron chi connectivity index (χ0n) is 15.5. The summed E-state index contributed by atoms with van der Waals surface area (Å²) in [6.45, 7) is 6.48. The molecule has 0 saturated heterocycles. The van der Waals surface area contributed by atoms with Gasteiger partial charge in [0.1, 0.15) is 0 Å². The van der Waals surface area contributed by atoms with Crippen LogP contribution in [0.1, 0.15) is 23.7 Å². The molecule has 0 spiro atoms. The van der Waals surface area contributed by atoms with E-state index in [-0.39, 0.29) is 24.0 Å². The van der Waals surface area contributed by atoms with E-state index >= 15 is 0 Å². The van der Waals surface area contributed by atoms with Gasteiger partial charge in [0.15, 0.2) is 5.96 Å². The second-order valence-electron chi connectivity index (χ2n) is 6.13. The van der Waals surface area contributed by atoms with E-state index in [1.54, 1.807) is 6.20 Å². The largest absolute Gasteiger partial charge is 0.361 e. The zero-order valence-corrected chi connectivity index (χ0v) is 17.9. The minimum Gasteiger partial charge on any atom is -0.361 e. The number of aromatic amines is 1. The first-order valence-corrected chi connectivity index (χ1v) is 8.73. The Morgan fingerprint density at radius 1 is 1.27 bits per heavy atom. The second kappa shape index (κ2) is 9.61. The van der Waals surface area contributed by atoms with Gasteiger partial charge in [-0.2, -0.15) is 5.10 Å². The van der Waals surface area contributed by atoms with Crippen LogP contribution in [0.4, 0.5) is 0 Å². The lowest BCUT2D eigenvalue weighted by Gasteiger charge is -2.11. The van der Waals surface area contributed by atoms with Crippen LogP contribution in [0.3, 0.4) is 0 Å². The van der Waals surface area contributed by atoms with E-state index in [9.17, 15) is 0 Å². The van der Waals surface area contributed by atoms with Crippen molar-refractivity contribution in [1.82, 2.24) is 25.4 Å². The third-order valence-electron chi connectivity index (χ3n) is 4.36. The van der Waals surface area contributed by atoms with Crippen LogP contribution in [0.2, 0.25) is 0 Å². The highest BCUT2D eigenvalue weighted by atomic mass is 127. The molecule has 3 aromatic rings. The lowest BCUT2D eigenvalue weighted by atomic mass is 10.1. The van der Waals surface area contributed by atoms with E-state index < -0.39 is 0 Å². The normalized spacial score (nSPS) is 11.4. The van der Waals surface area contributed by atoms with Crippen molar-refractivity contribution in [2.45, 2.75) is 26.8 Å². The first kappa shape index (κ1) is 20.3. The summed E-state index contributed by atoms with van der Waals surface area (Å²) in [7, 11) is 1.93. The molecule has 7 heteroatoms. The van der Waals surface area contributed by atoms with Crippen molar-refractivity contribution in [2.24, 2.45) is 12.0 Å². The summed E-state index contributed by atoms with van der Waals surface area (Å²) >= 11 is 0. The molecule has 2 aromatic heterocycles. The number of aryl methyl sites for hydroxylation is 2. The third-order valence-corrected chi connectivity index (χ3v) is 4.36. The summed E-state index contributed by atoms with van der Waals surface area (Å²) < 4.78 is 1.85. The number of aliphatic imine (C=N–C) groups is 1. The first-order valence-electron chi connectivity index (χ1n) is 8.73. The molecule has 0 amide bonds. The summed E-state index contributed by atoms with van der Waals surface area (Å²) in [5, 5.41) is 12.2. The van der Waals surface area contributed by atoms with E-state index in [0.29, 0.717) is 6.54 Å². The van der Waals surface area contributed by atoms with Crippen LogP contribution in [-0.2, 0) is 20.0 Å². The average Bonchev–Trinajstić information content (AvgIpc) is 3.20. The van der Waals surface area contributed by atoms with Crippen molar-refractivity contribution in [2.75, 3.05) is 13.1 Å². The van der Waals surface area contributed by atoms with Crippen molar-refractivity contribution in [3.63, 3.8) is 0 Å². The minimum atomic E-state index is 0. The Balaban J connectivity index is 0.00000243. The van der Waals surface area contributed by atoms with Crippen molar-refractivity contribution >= 4 is 40.8 Å². The average molecular weight is 466 g/mol. The van der Waals surface area contributed by atoms with Crippen molar-refractivity contribution in [1.29, 1.82) is 0 Å². The first-order chi connectivity index (χ1) is 12.2. The number of benzene rings is 1. The van der Waals surface area contributed by atoms with Crippen LogP contribution in [-0.4, -0.2) is 33.8 Å². The predicted octanol–water partition coefficient (Wildman–Crippen LogP) is 3.13. The van der Waals surface area contributed by atoms with Gasteiger partial charge in [0, 0.05) is 43.4 Å². The van der Waals surface area contributed by atoms with Crippen LogP contribution in [0, 0.1) is 6.92 Å². The number of nitrogens with zero attached hydrogens (tertiary/aromatic N) is 3. The number of nitrogens with one attached hydrogen (secondary N) is 3. The standard InChI is InChI=1S/C19H26N6.HI/c1-4-20-19(23-13-16-9-11-24-25(16)3)21-10-8-15-12-22-18-14(2)6-5-7-17(15)18;/h5-7,9,11-12,22H,4,8,10,13H2,1-3H3,(H2,20,21,23);1H. The molecule has 0 bridgehead atoms. The number of hydrogen-bond acceptors (Lipinski definition) is 2. The Bertz CT molecular complexity index is 864. The fourth-order valence-corrected chi connectivity index (χ4v) is 2.94. The molecule has 1 aromatic carbocycles. The van der Waals surface area contributed by atoms with Crippen LogP contribution < -0.4 is 10.6 Å². The van der Waals surface area contributed by atoms with Gasteiger partial charge in [0.25, 0.3) is 0 Å². The van der Waals surface area contributed by atoms with Crippen molar-refractivity contribution < 1.29 is 0 Å². The molecule has 140 valence electrons. The molecule has 3 N–H and O–H groups in total. The van der Waals surface area contributed by atoms with E-state index in [4.69, 9.17) is 0 Å². The number of hydrogen-bond donors (Lipinski definition) is 3. The Labute approximate surface area is 171 Å². The molecule has 6 nitrogen and oxygen atoms in total. The molecular formula is C19H27IN6. The fraction of sp³-hybridized carbons (Fsp3) is 0.368. The van der Waals surface area contributed by atoms with Crippen LogP contribution in [0.15, 0.2) is 41.7 Å². The topological polar surface area (TPSA) is 70.0 Å². The maximum absolute atomic E-state index is 4.64. The molecule has 0 aliphatic rings. The number of guanidine groups is 1. The summed E-state index contributed by atoms with van der Waals surface area (Å²) in [5.74, 6) is 0.833. The highest BCUT2D eigenvalue weighted by Crippen LogP contribution is 2.21. The van der Waals surface area contributed by atoms with Gasteiger partial charge in [-0.3, -0.25) is 4.68 Å². The second-order valence-corrected chi connectivity index (χ2v) is 6.13. The number of fused-ring (bicyclic) bond motifs is 1. The number of para-hydroxylation sites is 1. The summed E-state index contributed by atoms with van der Waals surface area (Å²) in [6, 6.07) is 8.41. The molecule has 3 rings (SSSR count). The Morgan fingerprint density at radius 3 is 2.85 bits per heavy atom. The minimum absolute atomic E-state index is 0. The SMILES string of the molecule is CCNC(=NCc1ccnn1C)NCCc1c[nH]c2c(C)cccc12.I. The lowest BCUT2D eigenvalue weighted by molar-refractivity contribution is 0.707. The zero-order chi connectivity index (χ0) is 17.6. The van der Waals surface area contributed by atoms with E-state index in [1.165, 1.54) is 22.0 Å². The maximum Gasteiger partial charge on any atom is 0.191 e. The summed E-state index contributed by atoms with van der Waals surface area (Å²) in [6.07, 6.45) is 4.85. The van der Waals surface area contributed by atoms with Crippen molar-refractivity contribution in [3.05, 3.63) is 53.5 Å². The Hall–Kier alpha value is -2.03. The van der Waals surface area contributed by atoms with Gasteiger partial charge in [-0.25, -0.2) is 4.99 Å². The van der Waals surface area contributed by atoms with Gasteiger partial charge in [-0.15, -0.1) is 24.0 Å². The quantitative estimate of drug-likeness (QED) is 0.297. The number of halogens is 1. The molecular weight excluding hydrogens is 439 g/mol. The van der Waals surface area contributed by atoms with Gasteiger partial charge in [0.05, 0.1) is 12.2 Å². The van der Waals surface area contributed by atoms with Gasteiger partial charge >= 0.3 is 0 Å². The third kappa shape index (κ3) is 4.78. The number of aromatic nitrogens is 3. The molecule has 0 fully saturated rings. The smallest absolute Gasteiger partial charge is 0.191 e. The molecule has 0 saturated carbocycles. The summed E-state index contributed by atoms with van der Waals surface area (Å²) in [5.41, 5.74) is 4.93. The summed E-state index contributed by atoms with van der Waals surface area (Å²) in [4.78, 5) is 8.02. The maximum atomic E-state index is 4.64. The highest BCUT2D eigenvalue weighted by molar-refractivity contribution is 14.0. The molecule has 0 unspecified atom stereocenters. The monoisotopic (exact) mass is 466 g/mol. The van der Waals surface area contributed by atoms with E-state index in [1.807, 2.05) is 17.8 Å². The van der Waals surface area contributed by atoms with Crippen LogP contribution in [0.5, 0.6) is 0 Å². The van der Waals surface area contributed by atoms with Crippen LogP contribution in [0.25, 0.3) is 10.9 Å². The fourth-order valence-electron chi connectivity index (χ4n) is 2.94.